The van der Waals surface area contributed by atoms with Gasteiger partial charge in [-0.2, -0.15) is 0 Å². The van der Waals surface area contributed by atoms with Gasteiger partial charge in [0, 0.05) is 18.8 Å². The van der Waals surface area contributed by atoms with Gasteiger partial charge in [-0.05, 0) is 43.0 Å². The largest absolute Gasteiger partial charge is 0.478 e. The molecule has 1 aromatic carbocycles. The van der Waals surface area contributed by atoms with Crippen LogP contribution < -0.4 is 4.90 Å². The first-order valence-corrected chi connectivity index (χ1v) is 6.39. The average Bonchev–Trinajstić information content (AvgIpc) is 2.38. The lowest BCUT2D eigenvalue weighted by Crippen LogP contribution is -2.31. The number of carboxylic acid groups (broad SMARTS) is 1. The molecule has 18 heavy (non-hydrogen) atoms. The predicted molar refractivity (Wildman–Crippen MR) is 73.4 cm³/mol. The van der Waals surface area contributed by atoms with E-state index in [9.17, 15) is 4.79 Å². The van der Waals surface area contributed by atoms with Crippen molar-refractivity contribution < 1.29 is 9.90 Å². The van der Waals surface area contributed by atoms with Gasteiger partial charge in [-0.15, -0.1) is 0 Å². The highest BCUT2D eigenvalue weighted by Gasteiger charge is 2.18. The molecule has 0 radical (unpaired) electrons. The maximum atomic E-state index is 11.0. The summed E-state index contributed by atoms with van der Waals surface area (Å²) in [6.45, 7) is 8.06. The molecule has 96 valence electrons. The molecule has 0 saturated heterocycles. The minimum absolute atomic E-state index is 0.380. The SMILES string of the molecule is C=C(CC)CN1CCCc2cc(C(=O)O)ccc21. The number of hydrogen-bond donors (Lipinski definition) is 1. The van der Waals surface area contributed by atoms with Crippen molar-refractivity contribution in [2.45, 2.75) is 26.2 Å². The molecule has 0 aromatic heterocycles. The van der Waals surface area contributed by atoms with Crippen LogP contribution >= 0.6 is 0 Å². The highest BCUT2D eigenvalue weighted by Crippen LogP contribution is 2.28. The van der Waals surface area contributed by atoms with Crippen molar-refractivity contribution in [3.05, 3.63) is 41.5 Å². The van der Waals surface area contributed by atoms with Crippen LogP contribution in [0.3, 0.4) is 0 Å². The highest BCUT2D eigenvalue weighted by atomic mass is 16.4. The zero-order valence-corrected chi connectivity index (χ0v) is 10.8. The van der Waals surface area contributed by atoms with E-state index in [1.165, 1.54) is 11.3 Å². The smallest absolute Gasteiger partial charge is 0.335 e. The molecular weight excluding hydrogens is 226 g/mol. The third-order valence-electron chi connectivity index (χ3n) is 3.46. The van der Waals surface area contributed by atoms with Gasteiger partial charge in [0.2, 0.25) is 0 Å². The highest BCUT2D eigenvalue weighted by molar-refractivity contribution is 5.88. The van der Waals surface area contributed by atoms with Gasteiger partial charge in [-0.1, -0.05) is 19.1 Å². The zero-order valence-electron chi connectivity index (χ0n) is 10.8. The van der Waals surface area contributed by atoms with Crippen LogP contribution in [0.25, 0.3) is 0 Å². The first kappa shape index (κ1) is 12.7. The van der Waals surface area contributed by atoms with E-state index in [1.54, 1.807) is 12.1 Å². The normalized spacial score (nSPS) is 14.2. The Morgan fingerprint density at radius 2 is 2.28 bits per heavy atom. The molecule has 3 heteroatoms. The van der Waals surface area contributed by atoms with Crippen LogP contribution in [0.15, 0.2) is 30.4 Å². The number of carbonyl (C=O) groups is 1. The van der Waals surface area contributed by atoms with Crippen LogP contribution in [0.2, 0.25) is 0 Å². The first-order chi connectivity index (χ1) is 8.61. The Bertz CT molecular complexity index is 479. The summed E-state index contributed by atoms with van der Waals surface area (Å²) in [4.78, 5) is 13.3. The second-order valence-corrected chi connectivity index (χ2v) is 4.78. The summed E-state index contributed by atoms with van der Waals surface area (Å²) in [5, 5.41) is 9.01. The summed E-state index contributed by atoms with van der Waals surface area (Å²) in [6.07, 6.45) is 3.03. The fourth-order valence-electron chi connectivity index (χ4n) is 2.35. The fourth-order valence-corrected chi connectivity index (χ4v) is 2.35. The van der Waals surface area contributed by atoms with Gasteiger partial charge < -0.3 is 10.0 Å². The molecule has 0 fully saturated rings. The van der Waals surface area contributed by atoms with Crippen molar-refractivity contribution in [2.75, 3.05) is 18.0 Å². The van der Waals surface area contributed by atoms with Crippen LogP contribution in [-0.4, -0.2) is 24.2 Å². The van der Waals surface area contributed by atoms with Gasteiger partial charge in [-0.3, -0.25) is 0 Å². The van der Waals surface area contributed by atoms with Gasteiger partial charge in [0.15, 0.2) is 0 Å². The van der Waals surface area contributed by atoms with E-state index < -0.39 is 5.97 Å². The van der Waals surface area contributed by atoms with Crippen LogP contribution in [0, 0.1) is 0 Å². The lowest BCUT2D eigenvalue weighted by Gasteiger charge is -2.32. The lowest BCUT2D eigenvalue weighted by atomic mass is 9.98. The number of fused-ring (bicyclic) bond motifs is 1. The predicted octanol–water partition coefficient (Wildman–Crippen LogP) is 3.10. The molecule has 1 aliphatic rings. The van der Waals surface area contributed by atoms with Crippen molar-refractivity contribution in [1.82, 2.24) is 0 Å². The summed E-state index contributed by atoms with van der Waals surface area (Å²) in [5.74, 6) is -0.854. The number of carboxylic acids is 1. The Morgan fingerprint density at radius 1 is 1.50 bits per heavy atom. The maximum absolute atomic E-state index is 11.0. The molecular formula is C15H19NO2. The Kier molecular flexibility index (Phi) is 3.70. The van der Waals surface area contributed by atoms with Crippen molar-refractivity contribution >= 4 is 11.7 Å². The van der Waals surface area contributed by atoms with Gasteiger partial charge >= 0.3 is 5.97 Å². The summed E-state index contributed by atoms with van der Waals surface area (Å²) in [5.41, 5.74) is 3.90. The van der Waals surface area contributed by atoms with E-state index in [0.717, 1.165) is 37.9 Å². The second-order valence-electron chi connectivity index (χ2n) is 4.78. The average molecular weight is 245 g/mol. The topological polar surface area (TPSA) is 40.5 Å². The molecule has 0 bridgehead atoms. The quantitative estimate of drug-likeness (QED) is 0.829. The molecule has 0 saturated carbocycles. The van der Waals surface area contributed by atoms with Crippen molar-refractivity contribution in [2.24, 2.45) is 0 Å². The van der Waals surface area contributed by atoms with Gasteiger partial charge in [0.25, 0.3) is 0 Å². The number of benzene rings is 1. The van der Waals surface area contributed by atoms with E-state index in [1.807, 2.05) is 6.07 Å². The Morgan fingerprint density at radius 3 is 2.94 bits per heavy atom. The second kappa shape index (κ2) is 5.25. The van der Waals surface area contributed by atoms with Gasteiger partial charge in [0.1, 0.15) is 0 Å². The molecule has 1 aromatic rings. The molecule has 0 spiro atoms. The number of aromatic carboxylic acids is 1. The summed E-state index contributed by atoms with van der Waals surface area (Å²) in [6, 6.07) is 5.42. The molecule has 1 aliphatic heterocycles. The van der Waals surface area contributed by atoms with Gasteiger partial charge in [-0.25, -0.2) is 4.79 Å². The van der Waals surface area contributed by atoms with Crippen LogP contribution in [0.1, 0.15) is 35.7 Å². The van der Waals surface area contributed by atoms with Crippen LogP contribution in [0.4, 0.5) is 5.69 Å². The van der Waals surface area contributed by atoms with Gasteiger partial charge in [0.05, 0.1) is 5.56 Å². The zero-order chi connectivity index (χ0) is 13.1. The Labute approximate surface area is 108 Å². The number of hydrogen-bond acceptors (Lipinski definition) is 2. The molecule has 0 aliphatic carbocycles. The molecule has 0 atom stereocenters. The lowest BCUT2D eigenvalue weighted by molar-refractivity contribution is 0.0697. The molecule has 2 rings (SSSR count). The van der Waals surface area contributed by atoms with Crippen molar-refractivity contribution in [1.29, 1.82) is 0 Å². The third-order valence-corrected chi connectivity index (χ3v) is 3.46. The minimum atomic E-state index is -0.854. The van der Waals surface area contributed by atoms with Crippen LogP contribution in [-0.2, 0) is 6.42 Å². The molecule has 3 nitrogen and oxygen atoms in total. The summed E-state index contributed by atoms with van der Waals surface area (Å²) >= 11 is 0. The van der Waals surface area contributed by atoms with Crippen LogP contribution in [0.5, 0.6) is 0 Å². The van der Waals surface area contributed by atoms with E-state index >= 15 is 0 Å². The number of nitrogens with zero attached hydrogens (tertiary/aromatic N) is 1. The van der Waals surface area contributed by atoms with Crippen molar-refractivity contribution in [3.8, 4) is 0 Å². The van der Waals surface area contributed by atoms with E-state index in [0.29, 0.717) is 5.56 Å². The van der Waals surface area contributed by atoms with E-state index in [4.69, 9.17) is 5.11 Å². The summed E-state index contributed by atoms with van der Waals surface area (Å²) in [7, 11) is 0. The number of rotatable bonds is 4. The number of anilines is 1. The number of aryl methyl sites for hydroxylation is 1. The third kappa shape index (κ3) is 2.55. The Balaban J connectivity index is 2.27. The van der Waals surface area contributed by atoms with Crippen molar-refractivity contribution in [3.63, 3.8) is 0 Å². The Hall–Kier alpha value is -1.77. The maximum Gasteiger partial charge on any atom is 0.335 e. The molecule has 0 unspecified atom stereocenters. The summed E-state index contributed by atoms with van der Waals surface area (Å²) < 4.78 is 0. The molecule has 0 amide bonds. The monoisotopic (exact) mass is 245 g/mol. The standard InChI is InChI=1S/C15H19NO2/c1-3-11(2)10-16-8-4-5-12-9-13(15(17)18)6-7-14(12)16/h6-7,9H,2-5,8,10H2,1H3,(H,17,18). The minimum Gasteiger partial charge on any atom is -0.478 e. The first-order valence-electron chi connectivity index (χ1n) is 6.39. The molecule has 1 heterocycles. The fraction of sp³-hybridized carbons (Fsp3) is 0.400. The van der Waals surface area contributed by atoms with E-state index in [2.05, 4.69) is 18.4 Å². The van der Waals surface area contributed by atoms with E-state index in [-0.39, 0.29) is 0 Å². The molecule has 1 N–H and O–H groups in total.